The van der Waals surface area contributed by atoms with Crippen LogP contribution in [0.15, 0.2) is 47.4 Å². The number of hydrogen-bond acceptors (Lipinski definition) is 7. The molecule has 7 nitrogen and oxygen atoms in total. The second kappa shape index (κ2) is 11.0. The summed E-state index contributed by atoms with van der Waals surface area (Å²) >= 11 is 6.66. The van der Waals surface area contributed by atoms with E-state index in [2.05, 4.69) is 0 Å². The normalized spacial score (nSPS) is 14.7. The number of ether oxygens (including phenoxy) is 3. The van der Waals surface area contributed by atoms with Gasteiger partial charge in [0.1, 0.15) is 5.75 Å². The molecule has 0 radical (unpaired) electrons. The smallest absolute Gasteiger partial charge is 0.306 e. The van der Waals surface area contributed by atoms with Crippen LogP contribution < -0.4 is 19.1 Å². The Morgan fingerprint density at radius 1 is 1.06 bits per heavy atom. The minimum absolute atomic E-state index is 0.0372. The van der Waals surface area contributed by atoms with E-state index in [1.54, 1.807) is 48.5 Å². The zero-order valence-electron chi connectivity index (χ0n) is 17.7. The third kappa shape index (κ3) is 5.80. The maximum absolute atomic E-state index is 13.0. The van der Waals surface area contributed by atoms with Crippen LogP contribution >= 0.6 is 24.0 Å². The fraction of sp³-hybridized carbons (Fsp3) is 0.261. The third-order valence-corrected chi connectivity index (χ3v) is 5.64. The maximum atomic E-state index is 13.0. The molecular formula is C23H23NO6S2. The number of rotatable bonds is 10. The Balaban J connectivity index is 1.80. The predicted octanol–water partition coefficient (Wildman–Crippen LogP) is 4.74. The fourth-order valence-electron chi connectivity index (χ4n) is 2.95. The van der Waals surface area contributed by atoms with E-state index in [0.717, 1.165) is 11.3 Å². The molecule has 168 valence electrons. The van der Waals surface area contributed by atoms with Crippen LogP contribution in [0, 0.1) is 0 Å². The van der Waals surface area contributed by atoms with Gasteiger partial charge < -0.3 is 19.3 Å². The average Bonchev–Trinajstić information content (AvgIpc) is 3.03. The van der Waals surface area contributed by atoms with E-state index in [1.807, 2.05) is 13.8 Å². The lowest BCUT2D eigenvalue weighted by molar-refractivity contribution is -0.137. The van der Waals surface area contributed by atoms with Gasteiger partial charge in [-0.25, -0.2) is 0 Å². The molecule has 1 aliphatic heterocycles. The van der Waals surface area contributed by atoms with Crippen molar-refractivity contribution in [3.63, 3.8) is 0 Å². The molecule has 0 aliphatic carbocycles. The van der Waals surface area contributed by atoms with Crippen molar-refractivity contribution in [3.05, 3.63) is 52.9 Å². The van der Waals surface area contributed by atoms with Gasteiger partial charge in [0, 0.05) is 0 Å². The van der Waals surface area contributed by atoms with Crippen molar-refractivity contribution in [1.29, 1.82) is 0 Å². The van der Waals surface area contributed by atoms with Crippen LogP contribution in [0.5, 0.6) is 17.2 Å². The molecule has 32 heavy (non-hydrogen) atoms. The number of carboxylic acid groups (broad SMARTS) is 1. The van der Waals surface area contributed by atoms with Crippen LogP contribution in [0.3, 0.4) is 0 Å². The topological polar surface area (TPSA) is 85.3 Å². The molecule has 9 heteroatoms. The average molecular weight is 474 g/mol. The number of hydrogen-bond donors (Lipinski definition) is 1. The monoisotopic (exact) mass is 473 g/mol. The summed E-state index contributed by atoms with van der Waals surface area (Å²) in [6, 6.07) is 12.4. The zero-order valence-corrected chi connectivity index (χ0v) is 19.3. The van der Waals surface area contributed by atoms with Crippen LogP contribution in [0.2, 0.25) is 0 Å². The lowest BCUT2D eigenvalue weighted by Crippen LogP contribution is -2.27. The van der Waals surface area contributed by atoms with Crippen LogP contribution in [0.1, 0.15) is 25.8 Å². The summed E-state index contributed by atoms with van der Waals surface area (Å²) in [7, 11) is 0. The summed E-state index contributed by atoms with van der Waals surface area (Å²) in [5.41, 5.74) is 1.42. The number of thiocarbonyl (C=S) groups is 1. The Morgan fingerprint density at radius 2 is 1.78 bits per heavy atom. The summed E-state index contributed by atoms with van der Waals surface area (Å²) < 4.78 is 17.1. The van der Waals surface area contributed by atoms with Crippen molar-refractivity contribution in [2.75, 3.05) is 24.7 Å². The second-order valence-corrected chi connectivity index (χ2v) is 8.25. The molecule has 1 heterocycles. The zero-order chi connectivity index (χ0) is 23.1. The van der Waals surface area contributed by atoms with Gasteiger partial charge in [0.2, 0.25) is 0 Å². The van der Waals surface area contributed by atoms with E-state index in [1.165, 1.54) is 16.7 Å². The van der Waals surface area contributed by atoms with E-state index in [4.69, 9.17) is 31.5 Å². The van der Waals surface area contributed by atoms with Crippen molar-refractivity contribution in [1.82, 2.24) is 0 Å². The first-order chi connectivity index (χ1) is 15.4. The molecule has 1 N–H and O–H groups in total. The van der Waals surface area contributed by atoms with Crippen LogP contribution in [0.4, 0.5) is 5.69 Å². The van der Waals surface area contributed by atoms with Gasteiger partial charge in [-0.1, -0.05) is 30.0 Å². The largest absolute Gasteiger partial charge is 0.494 e. The number of benzene rings is 2. The number of anilines is 1. The molecule has 0 saturated carbocycles. The number of carbonyl (C=O) groups excluding carboxylic acids is 1. The van der Waals surface area contributed by atoms with Crippen LogP contribution in [-0.2, 0) is 9.59 Å². The van der Waals surface area contributed by atoms with Gasteiger partial charge in [-0.15, -0.1) is 0 Å². The Morgan fingerprint density at radius 3 is 2.44 bits per heavy atom. The van der Waals surface area contributed by atoms with Gasteiger partial charge >= 0.3 is 5.97 Å². The highest BCUT2D eigenvalue weighted by Gasteiger charge is 2.33. The lowest BCUT2D eigenvalue weighted by Gasteiger charge is -2.15. The highest BCUT2D eigenvalue weighted by Crippen LogP contribution is 2.37. The predicted molar refractivity (Wildman–Crippen MR) is 129 cm³/mol. The van der Waals surface area contributed by atoms with Crippen LogP contribution in [0.25, 0.3) is 6.08 Å². The number of nitrogens with zero attached hydrogens (tertiary/aromatic N) is 1. The summed E-state index contributed by atoms with van der Waals surface area (Å²) in [6.45, 7) is 4.77. The minimum atomic E-state index is -0.936. The first-order valence-electron chi connectivity index (χ1n) is 10.0. The Bertz CT molecular complexity index is 1040. The van der Waals surface area contributed by atoms with Gasteiger partial charge in [-0.3, -0.25) is 14.5 Å². The summed E-state index contributed by atoms with van der Waals surface area (Å²) in [5.74, 6) is 0.519. The molecule has 1 aliphatic rings. The van der Waals surface area contributed by atoms with Crippen molar-refractivity contribution in [3.8, 4) is 17.2 Å². The minimum Gasteiger partial charge on any atom is -0.494 e. The van der Waals surface area contributed by atoms with Gasteiger partial charge in [0.25, 0.3) is 5.91 Å². The van der Waals surface area contributed by atoms with E-state index in [9.17, 15) is 9.59 Å². The Labute approximate surface area is 196 Å². The maximum Gasteiger partial charge on any atom is 0.306 e. The molecule has 0 atom stereocenters. The molecule has 0 aromatic heterocycles. The molecule has 0 spiro atoms. The molecule has 1 fully saturated rings. The number of carbonyl (C=O) groups is 2. The number of carboxylic acids is 1. The highest BCUT2D eigenvalue weighted by molar-refractivity contribution is 8.27. The SMILES string of the molecule is CCOc1ccc(N2C(=O)/C(=C\c3ccc(OCCC(=O)O)c(OCC)c3)SC2=S)cc1. The van der Waals surface area contributed by atoms with Crippen molar-refractivity contribution in [2.24, 2.45) is 0 Å². The first-order valence-corrected chi connectivity index (χ1v) is 11.3. The molecule has 2 aromatic rings. The van der Waals surface area contributed by atoms with Crippen molar-refractivity contribution < 1.29 is 28.9 Å². The van der Waals surface area contributed by atoms with E-state index >= 15 is 0 Å². The van der Waals surface area contributed by atoms with Crippen molar-refractivity contribution >= 4 is 51.9 Å². The second-order valence-electron chi connectivity index (χ2n) is 6.58. The Kier molecular flexibility index (Phi) is 8.13. The number of amides is 1. The lowest BCUT2D eigenvalue weighted by atomic mass is 10.1. The fourth-order valence-corrected chi connectivity index (χ4v) is 4.25. The van der Waals surface area contributed by atoms with E-state index in [0.29, 0.717) is 39.6 Å². The first kappa shape index (κ1) is 23.6. The van der Waals surface area contributed by atoms with E-state index in [-0.39, 0.29) is 18.9 Å². The van der Waals surface area contributed by atoms with Gasteiger partial charge in [-0.05, 0) is 61.9 Å². The molecule has 1 amide bonds. The van der Waals surface area contributed by atoms with E-state index < -0.39 is 5.97 Å². The summed E-state index contributed by atoms with van der Waals surface area (Å²) in [5, 5.41) is 8.78. The Hall–Kier alpha value is -3.04. The molecule has 0 unspecified atom stereocenters. The third-order valence-electron chi connectivity index (χ3n) is 4.34. The number of thioether (sulfide) groups is 1. The molecular weight excluding hydrogens is 450 g/mol. The van der Waals surface area contributed by atoms with Gasteiger partial charge in [0.15, 0.2) is 15.8 Å². The summed E-state index contributed by atoms with van der Waals surface area (Å²) in [6.07, 6.45) is 1.64. The van der Waals surface area contributed by atoms with Gasteiger partial charge in [-0.2, -0.15) is 0 Å². The molecule has 0 bridgehead atoms. The number of aliphatic carboxylic acids is 1. The molecule has 2 aromatic carbocycles. The quantitative estimate of drug-likeness (QED) is 0.391. The van der Waals surface area contributed by atoms with Crippen LogP contribution in [-0.4, -0.2) is 41.1 Å². The molecule has 1 saturated heterocycles. The highest BCUT2D eigenvalue weighted by atomic mass is 32.2. The van der Waals surface area contributed by atoms with Gasteiger partial charge in [0.05, 0.1) is 36.8 Å². The molecule has 3 rings (SSSR count). The van der Waals surface area contributed by atoms with Crippen molar-refractivity contribution in [2.45, 2.75) is 20.3 Å². The standard InChI is InChI=1S/C23H23NO6S2/c1-3-28-17-8-6-16(7-9-17)24-22(27)20(32-23(24)31)14-15-5-10-18(19(13-15)29-4-2)30-12-11-21(25)26/h5-10,13-14H,3-4,11-12H2,1-2H3,(H,25,26)/b20-14+. The summed E-state index contributed by atoms with van der Waals surface area (Å²) in [4.78, 5) is 25.7.